The van der Waals surface area contributed by atoms with Gasteiger partial charge in [-0.3, -0.25) is 0 Å². The highest BCUT2D eigenvalue weighted by Gasteiger charge is 2.21. The molecule has 0 aliphatic carbocycles. The van der Waals surface area contributed by atoms with Crippen LogP contribution in [0.15, 0.2) is 33.5 Å². The van der Waals surface area contributed by atoms with Crippen molar-refractivity contribution in [2.75, 3.05) is 13.2 Å². The molecular weight excluding hydrogens is 224 g/mol. The van der Waals surface area contributed by atoms with E-state index in [1.165, 1.54) is 6.07 Å². The molecule has 0 fully saturated rings. The molecule has 5 heteroatoms. The van der Waals surface area contributed by atoms with E-state index in [9.17, 15) is 4.79 Å². The Morgan fingerprint density at radius 2 is 2.18 bits per heavy atom. The first-order chi connectivity index (χ1) is 8.26. The van der Waals surface area contributed by atoms with Gasteiger partial charge in [-0.05, 0) is 12.1 Å². The molecule has 1 aromatic carbocycles. The maximum atomic E-state index is 11.1. The molecule has 1 aromatic heterocycles. The molecule has 88 valence electrons. The third-order valence-electron chi connectivity index (χ3n) is 2.61. The van der Waals surface area contributed by atoms with Crippen LogP contribution in [0.3, 0.4) is 0 Å². The number of rotatable bonds is 1. The number of fused-ring (bicyclic) bond motifs is 2. The molecule has 1 aliphatic rings. The Morgan fingerprint density at radius 1 is 1.29 bits per heavy atom. The molecule has 0 radical (unpaired) electrons. The van der Waals surface area contributed by atoms with Gasteiger partial charge in [0.05, 0.1) is 6.61 Å². The average molecular weight is 234 g/mol. The number of hydrogen-bond acceptors (Lipinski definition) is 5. The van der Waals surface area contributed by atoms with Crippen molar-refractivity contribution in [3.05, 3.63) is 34.7 Å². The van der Waals surface area contributed by atoms with Gasteiger partial charge in [-0.1, -0.05) is 0 Å². The lowest BCUT2D eigenvalue weighted by molar-refractivity contribution is 0.0458. The molecule has 17 heavy (non-hydrogen) atoms. The van der Waals surface area contributed by atoms with Gasteiger partial charge >= 0.3 is 5.63 Å². The molecule has 0 amide bonds. The van der Waals surface area contributed by atoms with Gasteiger partial charge in [0.25, 0.3) is 0 Å². The number of benzene rings is 1. The van der Waals surface area contributed by atoms with Gasteiger partial charge in [0.15, 0.2) is 17.6 Å². The highest BCUT2D eigenvalue weighted by Crippen LogP contribution is 2.35. The largest absolute Gasteiger partial charge is 0.486 e. The zero-order chi connectivity index (χ0) is 11.8. The first-order valence-electron chi connectivity index (χ1n) is 5.24. The molecule has 5 nitrogen and oxygen atoms in total. The second-order valence-corrected chi connectivity index (χ2v) is 3.82. The van der Waals surface area contributed by atoms with Crippen molar-refractivity contribution in [3.8, 4) is 11.5 Å². The SMILES string of the molecule is O=c1ccc2cc3c(cc2o1)OC(CO)CO3. The summed E-state index contributed by atoms with van der Waals surface area (Å²) in [5, 5.41) is 9.77. The maximum Gasteiger partial charge on any atom is 0.336 e. The highest BCUT2D eigenvalue weighted by molar-refractivity contribution is 5.80. The Balaban J connectivity index is 2.14. The third kappa shape index (κ3) is 1.74. The number of aliphatic hydroxyl groups is 1. The summed E-state index contributed by atoms with van der Waals surface area (Å²) in [5.74, 6) is 1.08. The van der Waals surface area contributed by atoms with Crippen LogP contribution in [0.2, 0.25) is 0 Å². The Labute approximate surface area is 96.2 Å². The Bertz CT molecular complexity index is 616. The minimum atomic E-state index is -0.409. The first-order valence-corrected chi connectivity index (χ1v) is 5.24. The van der Waals surface area contributed by atoms with E-state index < -0.39 is 5.63 Å². The van der Waals surface area contributed by atoms with Crippen LogP contribution in [-0.2, 0) is 0 Å². The first kappa shape index (κ1) is 10.2. The predicted octanol–water partition coefficient (Wildman–Crippen LogP) is 0.925. The van der Waals surface area contributed by atoms with Gasteiger partial charge in [0.1, 0.15) is 12.2 Å². The molecule has 0 bridgehead atoms. The van der Waals surface area contributed by atoms with Gasteiger partial charge in [0, 0.05) is 17.5 Å². The summed E-state index contributed by atoms with van der Waals surface area (Å²) < 4.78 is 16.0. The van der Waals surface area contributed by atoms with E-state index in [0.717, 1.165) is 5.39 Å². The second kappa shape index (κ2) is 3.78. The summed E-state index contributed by atoms with van der Waals surface area (Å²) in [7, 11) is 0. The van der Waals surface area contributed by atoms with Gasteiger partial charge < -0.3 is 19.0 Å². The molecule has 2 aromatic rings. The number of hydrogen-bond donors (Lipinski definition) is 1. The smallest absolute Gasteiger partial charge is 0.336 e. The number of aliphatic hydroxyl groups excluding tert-OH is 1. The minimum absolute atomic E-state index is 0.115. The van der Waals surface area contributed by atoms with Crippen LogP contribution in [-0.4, -0.2) is 24.4 Å². The van der Waals surface area contributed by atoms with Gasteiger partial charge in [0.2, 0.25) is 0 Å². The fourth-order valence-electron chi connectivity index (χ4n) is 1.77. The van der Waals surface area contributed by atoms with Gasteiger partial charge in [-0.15, -0.1) is 0 Å². The standard InChI is InChI=1S/C12H10O5/c13-5-8-6-15-10-3-7-1-2-12(14)17-9(7)4-11(10)16-8/h1-4,8,13H,5-6H2. The summed E-state index contributed by atoms with van der Waals surface area (Å²) >= 11 is 0. The van der Waals surface area contributed by atoms with Crippen molar-refractivity contribution in [1.29, 1.82) is 0 Å². The lowest BCUT2D eigenvalue weighted by atomic mass is 10.2. The minimum Gasteiger partial charge on any atom is -0.486 e. The lowest BCUT2D eigenvalue weighted by Crippen LogP contribution is -2.32. The van der Waals surface area contributed by atoms with E-state index in [0.29, 0.717) is 23.7 Å². The van der Waals surface area contributed by atoms with Crippen LogP contribution >= 0.6 is 0 Å². The zero-order valence-corrected chi connectivity index (χ0v) is 8.88. The molecule has 0 saturated carbocycles. The van der Waals surface area contributed by atoms with Gasteiger partial charge in [-0.2, -0.15) is 0 Å². The van der Waals surface area contributed by atoms with Crippen LogP contribution in [0.4, 0.5) is 0 Å². The topological polar surface area (TPSA) is 68.9 Å². The Kier molecular flexibility index (Phi) is 2.26. The van der Waals surface area contributed by atoms with Crippen molar-refractivity contribution < 1.29 is 19.0 Å². The lowest BCUT2D eigenvalue weighted by Gasteiger charge is -2.25. The monoisotopic (exact) mass is 234 g/mol. The molecule has 0 saturated heterocycles. The van der Waals surface area contributed by atoms with Crippen molar-refractivity contribution in [2.24, 2.45) is 0 Å². The predicted molar refractivity (Wildman–Crippen MR) is 59.5 cm³/mol. The van der Waals surface area contributed by atoms with Crippen molar-refractivity contribution in [1.82, 2.24) is 0 Å². The van der Waals surface area contributed by atoms with E-state index in [2.05, 4.69) is 0 Å². The van der Waals surface area contributed by atoms with E-state index >= 15 is 0 Å². The Hall–Kier alpha value is -2.01. The van der Waals surface area contributed by atoms with Crippen LogP contribution in [0, 0.1) is 0 Å². The summed E-state index contributed by atoms with van der Waals surface area (Å²) in [6, 6.07) is 6.38. The molecule has 2 heterocycles. The van der Waals surface area contributed by atoms with E-state index in [1.807, 2.05) is 0 Å². The van der Waals surface area contributed by atoms with Crippen molar-refractivity contribution in [2.45, 2.75) is 6.10 Å². The van der Waals surface area contributed by atoms with E-state index in [4.69, 9.17) is 19.0 Å². The second-order valence-electron chi connectivity index (χ2n) is 3.82. The van der Waals surface area contributed by atoms with E-state index in [-0.39, 0.29) is 12.7 Å². The number of ether oxygens (including phenoxy) is 2. The van der Waals surface area contributed by atoms with Gasteiger partial charge in [-0.25, -0.2) is 4.79 Å². The molecule has 1 unspecified atom stereocenters. The molecule has 3 rings (SSSR count). The molecule has 1 atom stereocenters. The average Bonchev–Trinajstić information content (AvgIpc) is 2.35. The quantitative estimate of drug-likeness (QED) is 0.743. The van der Waals surface area contributed by atoms with Crippen molar-refractivity contribution in [3.63, 3.8) is 0 Å². The molecule has 1 aliphatic heterocycles. The molecule has 1 N–H and O–H groups in total. The van der Waals surface area contributed by atoms with E-state index in [1.54, 1.807) is 18.2 Å². The van der Waals surface area contributed by atoms with Crippen LogP contribution < -0.4 is 15.1 Å². The summed E-state index contributed by atoms with van der Waals surface area (Å²) in [5.41, 5.74) is 0.0336. The fourth-order valence-corrected chi connectivity index (χ4v) is 1.77. The Morgan fingerprint density at radius 3 is 3.00 bits per heavy atom. The molecular formula is C12H10O5. The summed E-state index contributed by atoms with van der Waals surface area (Å²) in [4.78, 5) is 11.1. The fraction of sp³-hybridized carbons (Fsp3) is 0.250. The van der Waals surface area contributed by atoms with Crippen LogP contribution in [0.1, 0.15) is 0 Å². The maximum absolute atomic E-state index is 11.1. The summed E-state index contributed by atoms with van der Waals surface area (Å²) in [6.45, 7) is 0.196. The van der Waals surface area contributed by atoms with Crippen LogP contribution in [0.5, 0.6) is 11.5 Å². The third-order valence-corrected chi connectivity index (χ3v) is 2.61. The van der Waals surface area contributed by atoms with Crippen LogP contribution in [0.25, 0.3) is 11.0 Å². The van der Waals surface area contributed by atoms with Crippen molar-refractivity contribution >= 4 is 11.0 Å². The normalized spacial score (nSPS) is 18.3. The summed E-state index contributed by atoms with van der Waals surface area (Å²) in [6.07, 6.45) is -0.379. The highest BCUT2D eigenvalue weighted by atomic mass is 16.6. The zero-order valence-electron chi connectivity index (χ0n) is 8.88. The molecule has 0 spiro atoms.